The quantitative estimate of drug-likeness (QED) is 0.271. The fourth-order valence-corrected chi connectivity index (χ4v) is 6.01. The second kappa shape index (κ2) is 7.59. The maximum Gasteiger partial charge on any atom is 0.338 e. The molecule has 1 atom stereocenters. The molecule has 0 radical (unpaired) electrons. The van der Waals surface area contributed by atoms with E-state index in [1.807, 2.05) is 38.2 Å². The number of anilines is 1. The van der Waals surface area contributed by atoms with Gasteiger partial charge in [0.25, 0.3) is 0 Å². The number of methoxy groups -OCH3 is 1. The van der Waals surface area contributed by atoms with Crippen LogP contribution in [-0.4, -0.2) is 29.0 Å². The van der Waals surface area contributed by atoms with E-state index in [1.54, 1.807) is 11.0 Å². The molecule has 0 spiro atoms. The maximum absolute atomic E-state index is 13.3. The van der Waals surface area contributed by atoms with Gasteiger partial charge in [-0.3, -0.25) is 10.2 Å². The number of rotatable bonds is 2. The van der Waals surface area contributed by atoms with Crippen molar-refractivity contribution in [2.45, 2.75) is 49.1 Å². The molecule has 6 nitrogen and oxygen atoms in total. The van der Waals surface area contributed by atoms with Crippen LogP contribution in [-0.2, 0) is 23.1 Å². The Bertz CT molecular complexity index is 989. The summed E-state index contributed by atoms with van der Waals surface area (Å²) in [6.07, 6.45) is 6.32. The number of pyridine rings is 1. The summed E-state index contributed by atoms with van der Waals surface area (Å²) in [6, 6.07) is 7.31. The van der Waals surface area contributed by atoms with Gasteiger partial charge < -0.3 is 4.74 Å². The first-order valence-electron chi connectivity index (χ1n) is 9.78. The van der Waals surface area contributed by atoms with Crippen molar-refractivity contribution in [1.29, 1.82) is 0 Å². The van der Waals surface area contributed by atoms with Gasteiger partial charge in [-0.15, -0.1) is 0 Å². The van der Waals surface area contributed by atoms with Gasteiger partial charge in [-0.05, 0) is 68.4 Å². The number of benzene rings is 1. The molecular weight excluding hydrogens is 481 g/mol. The summed E-state index contributed by atoms with van der Waals surface area (Å²) in [4.78, 5) is 31.8. The van der Waals surface area contributed by atoms with Crippen molar-refractivity contribution < 1.29 is 14.3 Å². The Balaban J connectivity index is 1.65. The van der Waals surface area contributed by atoms with Crippen molar-refractivity contribution >= 4 is 40.4 Å². The molecule has 152 valence electrons. The lowest BCUT2D eigenvalue weighted by atomic mass is 9.91. The largest absolute Gasteiger partial charge is 0.465 e. The number of nitrogens with zero attached hydrogens (tertiary/aromatic N) is 2. The Labute approximate surface area is 184 Å². The summed E-state index contributed by atoms with van der Waals surface area (Å²) in [5.74, 6) is 0.178. The summed E-state index contributed by atoms with van der Waals surface area (Å²) in [7, 11) is 1.37. The Hall–Kier alpha value is -2.16. The molecule has 2 aromatic rings. The predicted molar refractivity (Wildman–Crippen MR) is 119 cm³/mol. The molecule has 0 bridgehead atoms. The van der Waals surface area contributed by atoms with Crippen LogP contribution in [0.5, 0.6) is 0 Å². The number of hydrogen-bond acceptors (Lipinski definition) is 4. The molecule has 7 heteroatoms. The molecule has 2 aliphatic rings. The number of aromatic nitrogens is 1. The minimum atomic E-state index is -0.580. The molecule has 1 aliphatic carbocycles. The number of carbonyl (C=O) groups is 2. The van der Waals surface area contributed by atoms with Crippen LogP contribution in [0.4, 0.5) is 10.6 Å². The molecule has 1 aromatic carbocycles. The number of fused-ring (bicyclic) bond motifs is 2. The first-order valence-corrected chi connectivity index (χ1v) is 11.0. The molecule has 29 heavy (non-hydrogen) atoms. The maximum atomic E-state index is 13.3. The lowest BCUT2D eigenvalue weighted by molar-refractivity contribution is 0.0598. The number of urea groups is 1. The molecule has 0 saturated carbocycles. The van der Waals surface area contributed by atoms with E-state index in [2.05, 4.69) is 32.9 Å². The monoisotopic (exact) mass is 505 g/mol. The van der Waals surface area contributed by atoms with Gasteiger partial charge in [-0.1, -0.05) is 34.7 Å². The molecule has 2 amide bonds. The molecule has 2 heterocycles. The second-order valence-electron chi connectivity index (χ2n) is 8.00. The van der Waals surface area contributed by atoms with Crippen LogP contribution in [0.2, 0.25) is 0 Å². The highest BCUT2D eigenvalue weighted by atomic mass is 127. The lowest BCUT2D eigenvalue weighted by Gasteiger charge is -2.34. The zero-order valence-electron chi connectivity index (χ0n) is 16.8. The lowest BCUT2D eigenvalue weighted by Crippen LogP contribution is -2.43. The smallest absolute Gasteiger partial charge is 0.338 e. The van der Waals surface area contributed by atoms with Crippen LogP contribution in [0.25, 0.3) is 0 Å². The zero-order valence-corrected chi connectivity index (χ0v) is 18.9. The molecule has 1 aromatic heterocycles. The highest BCUT2D eigenvalue weighted by Gasteiger charge is 2.47. The van der Waals surface area contributed by atoms with Crippen LogP contribution >= 0.6 is 22.6 Å². The number of alkyl halides is 1. The molecular formula is C22H24IN3O3. The standard InChI is InChI=1S/C22H24IN3O3/c1-22(2)16-10-6-9-15(20(27)29-3)18(16)19(23)26(22)21(28)25-17-11-13-7-4-5-8-14(13)12-24-17/h6,9-12,19H,4-5,7-8H2,1-3H3,(H,24,25,28). The van der Waals surface area contributed by atoms with Gasteiger partial charge in [0.05, 0.1) is 18.2 Å². The van der Waals surface area contributed by atoms with Gasteiger partial charge in [0, 0.05) is 11.8 Å². The van der Waals surface area contributed by atoms with Crippen LogP contribution < -0.4 is 5.32 Å². The van der Waals surface area contributed by atoms with Gasteiger partial charge in [0.15, 0.2) is 0 Å². The van der Waals surface area contributed by atoms with E-state index in [1.165, 1.54) is 31.1 Å². The SMILES string of the molecule is COC(=O)c1cccc2c1C(I)N(C(=O)Nc1cc3c(cn1)CCCC3)C2(C)C. The first-order chi connectivity index (χ1) is 13.8. The van der Waals surface area contributed by atoms with Crippen LogP contribution in [0, 0.1) is 0 Å². The summed E-state index contributed by atoms with van der Waals surface area (Å²) in [5.41, 5.74) is 4.25. The van der Waals surface area contributed by atoms with E-state index < -0.39 is 11.5 Å². The second-order valence-corrected chi connectivity index (χ2v) is 9.18. The van der Waals surface area contributed by atoms with Crippen molar-refractivity contribution in [2.24, 2.45) is 0 Å². The number of ether oxygens (including phenoxy) is 1. The van der Waals surface area contributed by atoms with Crippen LogP contribution in [0.15, 0.2) is 30.5 Å². The van der Waals surface area contributed by atoms with Gasteiger partial charge in [0.2, 0.25) is 0 Å². The number of aryl methyl sites for hydroxylation is 2. The topological polar surface area (TPSA) is 71.5 Å². The Morgan fingerprint density at radius 2 is 1.97 bits per heavy atom. The van der Waals surface area contributed by atoms with Crippen molar-refractivity contribution in [1.82, 2.24) is 9.88 Å². The zero-order chi connectivity index (χ0) is 20.8. The Morgan fingerprint density at radius 3 is 2.69 bits per heavy atom. The van der Waals surface area contributed by atoms with Gasteiger partial charge in [0.1, 0.15) is 9.87 Å². The van der Waals surface area contributed by atoms with Crippen LogP contribution in [0.3, 0.4) is 0 Å². The van der Waals surface area contributed by atoms with Crippen molar-refractivity contribution in [2.75, 3.05) is 12.4 Å². The van der Waals surface area contributed by atoms with Crippen LogP contribution in [0.1, 0.15) is 63.3 Å². The third-order valence-corrected chi connectivity index (χ3v) is 7.10. The van der Waals surface area contributed by atoms with E-state index in [-0.39, 0.29) is 10.1 Å². The molecule has 0 fully saturated rings. The van der Waals surface area contributed by atoms with Gasteiger partial charge in [-0.2, -0.15) is 0 Å². The summed E-state index contributed by atoms with van der Waals surface area (Å²) >= 11 is 2.22. The first kappa shape index (κ1) is 20.1. The van der Waals surface area contributed by atoms with Crippen molar-refractivity contribution in [3.05, 3.63) is 58.3 Å². The number of hydrogen-bond donors (Lipinski definition) is 1. The minimum Gasteiger partial charge on any atom is -0.465 e. The number of carbonyl (C=O) groups excluding carboxylic acids is 2. The predicted octanol–water partition coefficient (Wildman–Crippen LogP) is 4.96. The minimum absolute atomic E-state index is 0.232. The molecule has 1 N–H and O–H groups in total. The summed E-state index contributed by atoms with van der Waals surface area (Å²) in [6.45, 7) is 3.98. The van der Waals surface area contributed by atoms with E-state index in [9.17, 15) is 9.59 Å². The molecule has 0 saturated heterocycles. The van der Waals surface area contributed by atoms with E-state index in [0.717, 1.165) is 24.0 Å². The molecule has 1 unspecified atom stereocenters. The van der Waals surface area contributed by atoms with Gasteiger partial charge in [-0.25, -0.2) is 14.6 Å². The number of nitrogens with one attached hydrogen (secondary N) is 1. The number of halogens is 1. The van der Waals surface area contributed by atoms with E-state index >= 15 is 0 Å². The van der Waals surface area contributed by atoms with E-state index in [4.69, 9.17) is 4.74 Å². The third-order valence-electron chi connectivity index (χ3n) is 5.92. The Morgan fingerprint density at radius 1 is 1.24 bits per heavy atom. The third kappa shape index (κ3) is 3.39. The molecule has 1 aliphatic heterocycles. The van der Waals surface area contributed by atoms with Crippen molar-refractivity contribution in [3.63, 3.8) is 0 Å². The fraction of sp³-hybridized carbons (Fsp3) is 0.409. The highest BCUT2D eigenvalue weighted by molar-refractivity contribution is 14.1. The Kier molecular flexibility index (Phi) is 5.27. The van der Waals surface area contributed by atoms with Gasteiger partial charge >= 0.3 is 12.0 Å². The average Bonchev–Trinajstić information content (AvgIpc) is 2.92. The van der Waals surface area contributed by atoms with E-state index in [0.29, 0.717) is 11.4 Å². The average molecular weight is 505 g/mol. The molecule has 4 rings (SSSR count). The summed E-state index contributed by atoms with van der Waals surface area (Å²) in [5, 5.41) is 2.97. The fourth-order valence-electron chi connectivity index (χ4n) is 4.39. The summed E-state index contributed by atoms with van der Waals surface area (Å²) < 4.78 is 4.65. The number of esters is 1. The number of amides is 2. The normalized spacial score (nSPS) is 19.3. The van der Waals surface area contributed by atoms with Crippen molar-refractivity contribution in [3.8, 4) is 0 Å². The highest BCUT2D eigenvalue weighted by Crippen LogP contribution is 2.50.